The van der Waals surface area contributed by atoms with Crippen molar-refractivity contribution in [2.24, 2.45) is 0 Å². The van der Waals surface area contributed by atoms with Crippen molar-refractivity contribution in [2.75, 3.05) is 23.3 Å². The van der Waals surface area contributed by atoms with E-state index in [1.165, 1.54) is 33.6 Å². The minimum atomic E-state index is 0.578. The fourth-order valence-corrected chi connectivity index (χ4v) is 3.95. The van der Waals surface area contributed by atoms with Gasteiger partial charge in [-0.25, -0.2) is 0 Å². The van der Waals surface area contributed by atoms with Gasteiger partial charge in [0.25, 0.3) is 0 Å². The summed E-state index contributed by atoms with van der Waals surface area (Å²) < 4.78 is 11.9. The molecule has 0 saturated heterocycles. The van der Waals surface area contributed by atoms with Crippen molar-refractivity contribution < 1.29 is 9.47 Å². The molecule has 4 heteroatoms. The third kappa shape index (κ3) is 3.15. The molecule has 0 aromatic heterocycles. The van der Waals surface area contributed by atoms with Crippen LogP contribution in [0.1, 0.15) is 22.3 Å². The van der Waals surface area contributed by atoms with Crippen LogP contribution < -0.4 is 19.3 Å². The normalized spacial score (nSPS) is 15.4. The molecular formula is C24H24N2O2. The van der Waals surface area contributed by atoms with Gasteiger partial charge in [0.2, 0.25) is 0 Å². The van der Waals surface area contributed by atoms with Crippen LogP contribution in [0, 0.1) is 13.8 Å². The number of rotatable bonds is 2. The summed E-state index contributed by atoms with van der Waals surface area (Å²) in [5.41, 5.74) is 7.36. The van der Waals surface area contributed by atoms with Gasteiger partial charge in [0.1, 0.15) is 11.5 Å². The van der Waals surface area contributed by atoms with Gasteiger partial charge in [-0.15, -0.1) is 0 Å². The molecule has 0 atom stereocenters. The van der Waals surface area contributed by atoms with Gasteiger partial charge >= 0.3 is 0 Å². The molecule has 2 aliphatic rings. The Labute approximate surface area is 165 Å². The molecule has 0 radical (unpaired) electrons. The predicted octanol–water partition coefficient (Wildman–Crippen LogP) is 5.02. The van der Waals surface area contributed by atoms with E-state index in [0.29, 0.717) is 13.5 Å². The first-order valence-corrected chi connectivity index (χ1v) is 9.70. The Hall–Kier alpha value is -3.14. The van der Waals surface area contributed by atoms with E-state index in [4.69, 9.17) is 9.47 Å². The molecule has 0 N–H and O–H groups in total. The van der Waals surface area contributed by atoms with Crippen LogP contribution in [0.5, 0.6) is 11.5 Å². The number of anilines is 2. The van der Waals surface area contributed by atoms with E-state index in [1.807, 2.05) is 0 Å². The fraction of sp³-hybridized carbons (Fsp3) is 0.250. The first kappa shape index (κ1) is 17.0. The van der Waals surface area contributed by atoms with Gasteiger partial charge in [0.15, 0.2) is 13.5 Å². The van der Waals surface area contributed by atoms with E-state index in [1.54, 1.807) is 0 Å². The molecule has 142 valence electrons. The van der Waals surface area contributed by atoms with E-state index in [-0.39, 0.29) is 0 Å². The van der Waals surface area contributed by atoms with Crippen molar-refractivity contribution in [1.29, 1.82) is 0 Å². The fourth-order valence-electron chi connectivity index (χ4n) is 3.95. The third-order valence-electron chi connectivity index (χ3n) is 5.49. The number of nitrogens with zero attached hydrogens (tertiary/aromatic N) is 2. The number of hydrogen-bond acceptors (Lipinski definition) is 4. The van der Waals surface area contributed by atoms with Crippen LogP contribution in [0.4, 0.5) is 11.4 Å². The lowest BCUT2D eigenvalue weighted by Crippen LogP contribution is -2.33. The second-order valence-electron chi connectivity index (χ2n) is 7.68. The van der Waals surface area contributed by atoms with E-state index >= 15 is 0 Å². The summed E-state index contributed by atoms with van der Waals surface area (Å²) in [5.74, 6) is 2.00. The molecule has 28 heavy (non-hydrogen) atoms. The van der Waals surface area contributed by atoms with Crippen molar-refractivity contribution in [3.8, 4) is 11.5 Å². The van der Waals surface area contributed by atoms with E-state index in [0.717, 1.165) is 24.6 Å². The summed E-state index contributed by atoms with van der Waals surface area (Å²) in [4.78, 5) is 4.52. The largest absolute Gasteiger partial charge is 0.473 e. The van der Waals surface area contributed by atoms with Gasteiger partial charge in [0, 0.05) is 35.6 Å². The molecule has 3 aromatic carbocycles. The zero-order chi connectivity index (χ0) is 19.1. The Morgan fingerprint density at radius 3 is 1.46 bits per heavy atom. The van der Waals surface area contributed by atoms with Gasteiger partial charge in [-0.1, -0.05) is 35.4 Å². The predicted molar refractivity (Wildman–Crippen MR) is 112 cm³/mol. The lowest BCUT2D eigenvalue weighted by molar-refractivity contribution is 0.288. The highest BCUT2D eigenvalue weighted by Crippen LogP contribution is 2.32. The maximum absolute atomic E-state index is 5.94. The van der Waals surface area contributed by atoms with Crippen LogP contribution in [0.25, 0.3) is 0 Å². The summed E-state index contributed by atoms with van der Waals surface area (Å²) in [7, 11) is 0. The first-order valence-electron chi connectivity index (χ1n) is 9.70. The molecule has 4 nitrogen and oxygen atoms in total. The summed E-state index contributed by atoms with van der Waals surface area (Å²) in [6, 6.07) is 21.4. The number of aryl methyl sites for hydroxylation is 2. The lowest BCUT2D eigenvalue weighted by Gasteiger charge is -2.33. The second-order valence-corrected chi connectivity index (χ2v) is 7.68. The Morgan fingerprint density at radius 1 is 0.607 bits per heavy atom. The Morgan fingerprint density at radius 2 is 1.04 bits per heavy atom. The lowest BCUT2D eigenvalue weighted by atomic mass is 10.1. The molecule has 0 fully saturated rings. The SMILES string of the molecule is Cc1ccc2c(c1)CN(c1ccc(N3COc4ccc(C)cc4C3)cc1)CO2. The Balaban J connectivity index is 1.33. The number of hydrogen-bond donors (Lipinski definition) is 0. The Bertz CT molecular complexity index is 931. The zero-order valence-electron chi connectivity index (χ0n) is 16.3. The standard InChI is InChI=1S/C24H24N2O2/c1-17-3-9-23-19(11-17)13-25(15-27-23)21-5-7-22(8-6-21)26-14-20-12-18(2)4-10-24(20)28-16-26/h3-12H,13-16H2,1-2H3. The summed E-state index contributed by atoms with van der Waals surface area (Å²) in [6.07, 6.45) is 0. The Kier molecular flexibility index (Phi) is 4.12. The van der Waals surface area contributed by atoms with Crippen LogP contribution in [-0.4, -0.2) is 13.5 Å². The highest BCUT2D eigenvalue weighted by Gasteiger charge is 2.20. The molecule has 0 aliphatic carbocycles. The second kappa shape index (κ2) is 6.79. The van der Waals surface area contributed by atoms with Crippen molar-refractivity contribution in [2.45, 2.75) is 26.9 Å². The van der Waals surface area contributed by atoms with Gasteiger partial charge in [-0.2, -0.15) is 0 Å². The van der Waals surface area contributed by atoms with Crippen LogP contribution in [0.2, 0.25) is 0 Å². The third-order valence-corrected chi connectivity index (χ3v) is 5.49. The van der Waals surface area contributed by atoms with E-state index in [2.05, 4.69) is 84.3 Å². The van der Waals surface area contributed by atoms with Crippen molar-refractivity contribution in [3.05, 3.63) is 82.9 Å². The van der Waals surface area contributed by atoms with Gasteiger partial charge in [-0.3, -0.25) is 0 Å². The topological polar surface area (TPSA) is 24.9 Å². The van der Waals surface area contributed by atoms with Gasteiger partial charge < -0.3 is 19.3 Å². The van der Waals surface area contributed by atoms with Crippen LogP contribution in [0.3, 0.4) is 0 Å². The molecule has 0 amide bonds. The van der Waals surface area contributed by atoms with Crippen LogP contribution in [-0.2, 0) is 13.1 Å². The summed E-state index contributed by atoms with van der Waals surface area (Å²) in [5, 5.41) is 0. The quantitative estimate of drug-likeness (QED) is 0.631. The highest BCUT2D eigenvalue weighted by atomic mass is 16.5. The van der Waals surface area contributed by atoms with Crippen molar-refractivity contribution >= 4 is 11.4 Å². The van der Waals surface area contributed by atoms with Gasteiger partial charge in [-0.05, 0) is 50.2 Å². The zero-order valence-corrected chi connectivity index (χ0v) is 16.3. The minimum absolute atomic E-state index is 0.578. The van der Waals surface area contributed by atoms with Crippen molar-refractivity contribution in [3.63, 3.8) is 0 Å². The molecule has 2 aliphatic heterocycles. The molecular weight excluding hydrogens is 348 g/mol. The average molecular weight is 372 g/mol. The number of ether oxygens (including phenoxy) is 2. The molecule has 2 heterocycles. The molecule has 3 aromatic rings. The van der Waals surface area contributed by atoms with E-state index < -0.39 is 0 Å². The van der Waals surface area contributed by atoms with Crippen molar-refractivity contribution in [1.82, 2.24) is 0 Å². The van der Waals surface area contributed by atoms with E-state index in [9.17, 15) is 0 Å². The summed E-state index contributed by atoms with van der Waals surface area (Å²) >= 11 is 0. The van der Waals surface area contributed by atoms with Gasteiger partial charge in [0.05, 0.1) is 0 Å². The molecule has 0 unspecified atom stereocenters. The summed E-state index contributed by atoms with van der Waals surface area (Å²) in [6.45, 7) is 7.14. The maximum Gasteiger partial charge on any atom is 0.161 e. The average Bonchev–Trinajstić information content (AvgIpc) is 2.73. The maximum atomic E-state index is 5.94. The highest BCUT2D eigenvalue weighted by molar-refractivity contribution is 5.58. The molecule has 0 saturated carbocycles. The van der Waals surface area contributed by atoms with Crippen LogP contribution in [0.15, 0.2) is 60.7 Å². The molecule has 5 rings (SSSR count). The number of fused-ring (bicyclic) bond motifs is 2. The molecule has 0 bridgehead atoms. The number of benzene rings is 3. The first-order chi connectivity index (χ1) is 13.7. The smallest absolute Gasteiger partial charge is 0.161 e. The minimum Gasteiger partial charge on any atom is -0.473 e. The monoisotopic (exact) mass is 372 g/mol. The van der Waals surface area contributed by atoms with Crippen LogP contribution >= 0.6 is 0 Å². The molecule has 0 spiro atoms.